The molecule has 1 aliphatic heterocycles. The zero-order valence-electron chi connectivity index (χ0n) is 14.3. The molecule has 1 atom stereocenters. The number of H-pyrrole nitrogens is 1. The smallest absolute Gasteiger partial charge is 0.314 e. The highest BCUT2D eigenvalue weighted by atomic mass is 16.2. The summed E-state index contributed by atoms with van der Waals surface area (Å²) in [6.07, 6.45) is 4.14. The fourth-order valence-electron chi connectivity index (χ4n) is 3.32. The number of nitrogens with zero attached hydrogens (tertiary/aromatic N) is 2. The van der Waals surface area contributed by atoms with Crippen molar-refractivity contribution in [2.75, 3.05) is 33.2 Å². The summed E-state index contributed by atoms with van der Waals surface area (Å²) in [5.41, 5.74) is 2.06. The van der Waals surface area contributed by atoms with Crippen LogP contribution in [0.2, 0.25) is 0 Å². The molecule has 24 heavy (non-hydrogen) atoms. The number of aryl methyl sites for hydroxylation is 1. The van der Waals surface area contributed by atoms with E-state index in [4.69, 9.17) is 0 Å². The van der Waals surface area contributed by atoms with Crippen LogP contribution < -0.4 is 10.6 Å². The summed E-state index contributed by atoms with van der Waals surface area (Å²) < 4.78 is 0. The molecular formula is C18H27N5O. The lowest BCUT2D eigenvalue weighted by Crippen LogP contribution is -2.42. The van der Waals surface area contributed by atoms with Crippen molar-refractivity contribution in [3.63, 3.8) is 0 Å². The van der Waals surface area contributed by atoms with E-state index in [1.807, 2.05) is 24.3 Å². The van der Waals surface area contributed by atoms with Gasteiger partial charge in [-0.1, -0.05) is 12.1 Å². The number of fused-ring (bicyclic) bond motifs is 1. The Bertz CT molecular complexity index is 635. The normalized spacial score (nSPS) is 18.6. The summed E-state index contributed by atoms with van der Waals surface area (Å²) in [6.45, 7) is 3.67. The van der Waals surface area contributed by atoms with Gasteiger partial charge in [-0.05, 0) is 50.9 Å². The summed E-state index contributed by atoms with van der Waals surface area (Å²) in [4.78, 5) is 22.1. The maximum atomic E-state index is 11.9. The molecule has 1 aliphatic rings. The molecule has 1 saturated heterocycles. The van der Waals surface area contributed by atoms with E-state index in [1.165, 1.54) is 19.4 Å². The van der Waals surface area contributed by atoms with Crippen LogP contribution in [0.15, 0.2) is 24.3 Å². The van der Waals surface area contributed by atoms with Crippen LogP contribution in [0.3, 0.4) is 0 Å². The van der Waals surface area contributed by atoms with Crippen LogP contribution >= 0.6 is 0 Å². The lowest BCUT2D eigenvalue weighted by atomic mass is 9.99. The average molecular weight is 329 g/mol. The van der Waals surface area contributed by atoms with Crippen LogP contribution in [0.1, 0.15) is 25.1 Å². The third-order valence-electron chi connectivity index (χ3n) is 4.59. The summed E-state index contributed by atoms with van der Waals surface area (Å²) >= 11 is 0. The number of nitrogens with one attached hydrogen (secondary N) is 3. The zero-order valence-corrected chi connectivity index (χ0v) is 14.3. The molecule has 1 aromatic carbocycles. The lowest BCUT2D eigenvalue weighted by molar-refractivity contribution is 0.202. The summed E-state index contributed by atoms with van der Waals surface area (Å²) in [6, 6.07) is 7.96. The highest BCUT2D eigenvalue weighted by Gasteiger charge is 2.17. The van der Waals surface area contributed by atoms with Crippen molar-refractivity contribution < 1.29 is 4.79 Å². The van der Waals surface area contributed by atoms with Gasteiger partial charge in [0.2, 0.25) is 0 Å². The molecule has 6 nitrogen and oxygen atoms in total. The minimum absolute atomic E-state index is 0.0622. The summed E-state index contributed by atoms with van der Waals surface area (Å²) in [7, 11) is 2.14. The highest BCUT2D eigenvalue weighted by Crippen LogP contribution is 2.13. The second-order valence-corrected chi connectivity index (χ2v) is 6.71. The summed E-state index contributed by atoms with van der Waals surface area (Å²) in [5, 5.41) is 5.93. The SMILES string of the molecule is CN1CCC[C@H](CNC(=O)NCCCc2nc3ccccc3[nH]2)C1. The number of para-hydroxylation sites is 2. The molecule has 2 amide bonds. The largest absolute Gasteiger partial charge is 0.342 e. The Morgan fingerprint density at radius 1 is 1.38 bits per heavy atom. The topological polar surface area (TPSA) is 73.1 Å². The van der Waals surface area contributed by atoms with Crippen molar-refractivity contribution in [1.29, 1.82) is 0 Å². The number of urea groups is 1. The Morgan fingerprint density at radius 2 is 2.25 bits per heavy atom. The predicted molar refractivity (Wildman–Crippen MR) is 96.0 cm³/mol. The molecule has 3 N–H and O–H groups in total. The Hall–Kier alpha value is -2.08. The van der Waals surface area contributed by atoms with Crippen molar-refractivity contribution in [3.05, 3.63) is 30.1 Å². The number of likely N-dealkylation sites (tertiary alicyclic amines) is 1. The molecule has 0 spiro atoms. The number of amides is 2. The van der Waals surface area contributed by atoms with Crippen LogP contribution in [-0.4, -0.2) is 54.1 Å². The first-order chi connectivity index (χ1) is 11.7. The van der Waals surface area contributed by atoms with Crippen LogP contribution in [-0.2, 0) is 6.42 Å². The van der Waals surface area contributed by atoms with E-state index in [2.05, 4.69) is 32.5 Å². The lowest BCUT2D eigenvalue weighted by Gasteiger charge is -2.29. The Balaban J connectivity index is 1.32. The molecule has 0 unspecified atom stereocenters. The van der Waals surface area contributed by atoms with Gasteiger partial charge in [-0.2, -0.15) is 0 Å². The first-order valence-electron chi connectivity index (χ1n) is 8.84. The van der Waals surface area contributed by atoms with Crippen molar-refractivity contribution in [2.45, 2.75) is 25.7 Å². The Labute approximate surface area is 143 Å². The fourth-order valence-corrected chi connectivity index (χ4v) is 3.32. The van der Waals surface area contributed by atoms with Crippen LogP contribution in [0.25, 0.3) is 11.0 Å². The van der Waals surface area contributed by atoms with E-state index < -0.39 is 0 Å². The number of benzene rings is 1. The molecular weight excluding hydrogens is 302 g/mol. The molecule has 6 heteroatoms. The van der Waals surface area contributed by atoms with Crippen molar-refractivity contribution in [2.24, 2.45) is 5.92 Å². The maximum Gasteiger partial charge on any atom is 0.314 e. The van der Waals surface area contributed by atoms with Gasteiger partial charge in [0.25, 0.3) is 0 Å². The first kappa shape index (κ1) is 16.8. The van der Waals surface area contributed by atoms with E-state index >= 15 is 0 Å². The predicted octanol–water partition coefficient (Wildman–Crippen LogP) is 2.14. The monoisotopic (exact) mass is 329 g/mol. The molecule has 3 rings (SSSR count). The number of piperidine rings is 1. The van der Waals surface area contributed by atoms with E-state index in [0.717, 1.165) is 42.8 Å². The highest BCUT2D eigenvalue weighted by molar-refractivity contribution is 5.74. The van der Waals surface area contributed by atoms with Gasteiger partial charge < -0.3 is 20.5 Å². The number of imidazole rings is 1. The quantitative estimate of drug-likeness (QED) is 0.711. The average Bonchev–Trinajstić information content (AvgIpc) is 3.00. The minimum Gasteiger partial charge on any atom is -0.342 e. The fraction of sp³-hybridized carbons (Fsp3) is 0.556. The molecule has 0 radical (unpaired) electrons. The van der Waals surface area contributed by atoms with Crippen LogP contribution in [0.5, 0.6) is 0 Å². The Kier molecular flexibility index (Phi) is 5.69. The molecule has 1 aromatic heterocycles. The molecule has 0 aliphatic carbocycles. The van der Waals surface area contributed by atoms with Gasteiger partial charge >= 0.3 is 6.03 Å². The van der Waals surface area contributed by atoms with Crippen molar-refractivity contribution in [1.82, 2.24) is 25.5 Å². The van der Waals surface area contributed by atoms with Gasteiger partial charge in [-0.15, -0.1) is 0 Å². The van der Waals surface area contributed by atoms with Crippen LogP contribution in [0, 0.1) is 5.92 Å². The van der Waals surface area contributed by atoms with Crippen molar-refractivity contribution >= 4 is 17.1 Å². The maximum absolute atomic E-state index is 11.9. The molecule has 2 aromatic rings. The van der Waals surface area contributed by atoms with E-state index in [-0.39, 0.29) is 6.03 Å². The van der Waals surface area contributed by atoms with E-state index in [0.29, 0.717) is 12.5 Å². The zero-order chi connectivity index (χ0) is 16.8. The second kappa shape index (κ2) is 8.15. The number of aromatic amines is 1. The number of rotatable bonds is 6. The van der Waals surface area contributed by atoms with Gasteiger partial charge in [0, 0.05) is 26.1 Å². The minimum atomic E-state index is -0.0622. The third kappa shape index (κ3) is 4.71. The van der Waals surface area contributed by atoms with Gasteiger partial charge in [0.05, 0.1) is 11.0 Å². The van der Waals surface area contributed by atoms with Gasteiger partial charge in [0.15, 0.2) is 0 Å². The summed E-state index contributed by atoms with van der Waals surface area (Å²) in [5.74, 6) is 1.55. The van der Waals surface area contributed by atoms with Gasteiger partial charge in [-0.25, -0.2) is 9.78 Å². The van der Waals surface area contributed by atoms with E-state index in [9.17, 15) is 4.79 Å². The van der Waals surface area contributed by atoms with Crippen molar-refractivity contribution in [3.8, 4) is 0 Å². The number of carbonyl (C=O) groups excluding carboxylic acids is 1. The molecule has 130 valence electrons. The van der Waals surface area contributed by atoms with Gasteiger partial charge in [-0.3, -0.25) is 0 Å². The molecule has 0 bridgehead atoms. The third-order valence-corrected chi connectivity index (χ3v) is 4.59. The van der Waals surface area contributed by atoms with E-state index in [1.54, 1.807) is 0 Å². The number of aromatic nitrogens is 2. The Morgan fingerprint density at radius 3 is 3.08 bits per heavy atom. The van der Waals surface area contributed by atoms with Crippen LogP contribution in [0.4, 0.5) is 4.79 Å². The standard InChI is InChI=1S/C18H27N5O/c1-23-11-5-6-14(13-23)12-20-18(24)19-10-4-9-17-21-15-7-2-3-8-16(15)22-17/h2-3,7-8,14H,4-6,9-13H2,1H3,(H,21,22)(H2,19,20,24)/t14-/m1/s1. The number of hydrogen-bond donors (Lipinski definition) is 3. The molecule has 1 fully saturated rings. The van der Waals surface area contributed by atoms with Gasteiger partial charge in [0.1, 0.15) is 5.82 Å². The molecule has 0 saturated carbocycles. The first-order valence-corrected chi connectivity index (χ1v) is 8.84. The number of hydrogen-bond acceptors (Lipinski definition) is 3. The second-order valence-electron chi connectivity index (χ2n) is 6.71. The number of carbonyl (C=O) groups is 1. The molecule has 2 heterocycles.